The van der Waals surface area contributed by atoms with Crippen molar-refractivity contribution in [2.24, 2.45) is 5.73 Å². The third-order valence-electron chi connectivity index (χ3n) is 3.36. The van der Waals surface area contributed by atoms with E-state index in [4.69, 9.17) is 17.3 Å². The van der Waals surface area contributed by atoms with Crippen LogP contribution >= 0.6 is 22.9 Å². The maximum absolute atomic E-state index is 12.2. The molecule has 0 radical (unpaired) electrons. The number of hydrogen-bond acceptors (Lipinski definition) is 4. The lowest BCUT2D eigenvalue weighted by Crippen LogP contribution is -2.13. The smallest absolute Gasteiger partial charge is 0.259 e. The lowest BCUT2D eigenvalue weighted by molar-refractivity contribution is 0.100. The average molecular weight is 334 g/mol. The molecule has 5 nitrogen and oxygen atoms in total. The number of rotatable bonds is 3. The second-order valence-corrected chi connectivity index (χ2v) is 6.35. The molecule has 1 aromatic carbocycles. The molecule has 0 aliphatic rings. The third-order valence-corrected chi connectivity index (χ3v) is 4.81. The van der Waals surface area contributed by atoms with Crippen LogP contribution in [-0.2, 0) is 6.42 Å². The Labute approximate surface area is 134 Å². The van der Waals surface area contributed by atoms with Gasteiger partial charge in [0.15, 0.2) is 0 Å². The highest BCUT2D eigenvalue weighted by atomic mass is 35.5. The number of H-pyrrole nitrogens is 1. The van der Waals surface area contributed by atoms with Gasteiger partial charge in [0.1, 0.15) is 10.7 Å². The Kier molecular flexibility index (Phi) is 3.72. The molecule has 0 saturated carbocycles. The predicted molar refractivity (Wildman–Crippen MR) is 87.8 cm³/mol. The predicted octanol–water partition coefficient (Wildman–Crippen LogP) is 2.64. The highest BCUT2D eigenvalue weighted by Crippen LogP contribution is 2.26. The van der Waals surface area contributed by atoms with Crippen LogP contribution in [0.2, 0.25) is 5.02 Å². The first-order valence-electron chi connectivity index (χ1n) is 6.52. The van der Waals surface area contributed by atoms with Gasteiger partial charge in [0.2, 0.25) is 0 Å². The molecule has 3 rings (SSSR count). The largest absolute Gasteiger partial charge is 0.365 e. The molecule has 0 unspecified atom stereocenters. The van der Waals surface area contributed by atoms with Crippen molar-refractivity contribution in [3.8, 4) is 0 Å². The van der Waals surface area contributed by atoms with Crippen molar-refractivity contribution in [1.82, 2.24) is 9.97 Å². The number of nitrogens with zero attached hydrogens (tertiary/aromatic N) is 1. The number of aromatic nitrogens is 2. The lowest BCUT2D eigenvalue weighted by Gasteiger charge is -2.02. The van der Waals surface area contributed by atoms with Crippen molar-refractivity contribution in [3.05, 3.63) is 61.5 Å². The molecule has 0 spiro atoms. The number of benzene rings is 1. The van der Waals surface area contributed by atoms with Gasteiger partial charge in [0.25, 0.3) is 11.5 Å². The van der Waals surface area contributed by atoms with Gasteiger partial charge >= 0.3 is 0 Å². The summed E-state index contributed by atoms with van der Waals surface area (Å²) in [5.41, 5.74) is 6.63. The Hall–Kier alpha value is -2.18. The number of carbonyl (C=O) groups is 1. The van der Waals surface area contributed by atoms with E-state index >= 15 is 0 Å². The van der Waals surface area contributed by atoms with Crippen molar-refractivity contribution < 1.29 is 4.79 Å². The van der Waals surface area contributed by atoms with Crippen molar-refractivity contribution in [1.29, 1.82) is 0 Å². The van der Waals surface area contributed by atoms with Gasteiger partial charge in [0.05, 0.1) is 10.3 Å². The third kappa shape index (κ3) is 2.63. The molecule has 0 fully saturated rings. The fourth-order valence-corrected chi connectivity index (χ4v) is 3.48. The minimum absolute atomic E-state index is 0.254. The number of nitrogens with two attached hydrogens (primary N) is 1. The summed E-state index contributed by atoms with van der Waals surface area (Å²) in [6, 6.07) is 7.32. The maximum atomic E-state index is 12.2. The second kappa shape index (κ2) is 5.55. The van der Waals surface area contributed by atoms with Crippen LogP contribution in [0.4, 0.5) is 0 Å². The molecule has 1 amide bonds. The SMILES string of the molecule is Cc1c(C(N)=O)sc2nc(Cc3ccc(Cl)cc3)[nH]c(=O)c12. The van der Waals surface area contributed by atoms with Crippen LogP contribution in [0.15, 0.2) is 29.1 Å². The summed E-state index contributed by atoms with van der Waals surface area (Å²) >= 11 is 7.00. The van der Waals surface area contributed by atoms with Crippen LogP contribution in [-0.4, -0.2) is 15.9 Å². The summed E-state index contributed by atoms with van der Waals surface area (Å²) in [7, 11) is 0. The first-order valence-corrected chi connectivity index (χ1v) is 7.71. The van der Waals surface area contributed by atoms with Crippen LogP contribution in [0, 0.1) is 6.92 Å². The number of aryl methyl sites for hydroxylation is 1. The highest BCUT2D eigenvalue weighted by molar-refractivity contribution is 7.20. The molecule has 0 aliphatic carbocycles. The molecule has 0 bridgehead atoms. The molecule has 7 heteroatoms. The zero-order chi connectivity index (χ0) is 15.9. The standard InChI is InChI=1S/C15H12ClN3O2S/c1-7-11-14(21)18-10(6-8-2-4-9(16)5-3-8)19-15(11)22-12(7)13(17)20/h2-5H,6H2,1H3,(H2,17,20)(H,18,19,21). The number of halogens is 1. The van der Waals surface area contributed by atoms with Crippen LogP contribution in [0.3, 0.4) is 0 Å². The first-order chi connectivity index (χ1) is 10.5. The highest BCUT2D eigenvalue weighted by Gasteiger charge is 2.17. The fourth-order valence-electron chi connectivity index (χ4n) is 2.30. The number of hydrogen-bond donors (Lipinski definition) is 2. The molecular formula is C15H12ClN3O2S. The van der Waals surface area contributed by atoms with E-state index in [2.05, 4.69) is 9.97 Å². The summed E-state index contributed by atoms with van der Waals surface area (Å²) in [4.78, 5) is 31.7. The van der Waals surface area contributed by atoms with Crippen molar-refractivity contribution in [2.75, 3.05) is 0 Å². The average Bonchev–Trinajstić information content (AvgIpc) is 2.79. The number of thiophene rings is 1. The van der Waals surface area contributed by atoms with Crippen LogP contribution < -0.4 is 11.3 Å². The van der Waals surface area contributed by atoms with Crippen LogP contribution in [0.5, 0.6) is 0 Å². The molecule has 2 aromatic heterocycles. The van der Waals surface area contributed by atoms with Crippen molar-refractivity contribution in [3.63, 3.8) is 0 Å². The topological polar surface area (TPSA) is 88.8 Å². The van der Waals surface area contributed by atoms with Gasteiger partial charge in [-0.1, -0.05) is 23.7 Å². The van der Waals surface area contributed by atoms with Gasteiger partial charge in [-0.15, -0.1) is 11.3 Å². The number of amides is 1. The number of aromatic amines is 1. The van der Waals surface area contributed by atoms with E-state index in [9.17, 15) is 9.59 Å². The molecule has 112 valence electrons. The summed E-state index contributed by atoms with van der Waals surface area (Å²) in [5, 5.41) is 1.08. The minimum Gasteiger partial charge on any atom is -0.365 e. The molecule has 3 aromatic rings. The van der Waals surface area contributed by atoms with E-state index in [1.807, 2.05) is 12.1 Å². The molecule has 22 heavy (non-hydrogen) atoms. The van der Waals surface area contributed by atoms with Crippen LogP contribution in [0.1, 0.15) is 26.6 Å². The fraction of sp³-hybridized carbons (Fsp3) is 0.133. The zero-order valence-corrected chi connectivity index (χ0v) is 13.2. The molecule has 0 aliphatic heterocycles. The summed E-state index contributed by atoms with van der Waals surface area (Å²) in [5.74, 6) is -0.00348. The number of nitrogens with one attached hydrogen (secondary N) is 1. The maximum Gasteiger partial charge on any atom is 0.259 e. The molecule has 0 atom stereocenters. The van der Waals surface area contributed by atoms with Gasteiger partial charge in [-0.25, -0.2) is 4.98 Å². The van der Waals surface area contributed by atoms with Crippen molar-refractivity contribution >= 4 is 39.1 Å². The quantitative estimate of drug-likeness (QED) is 0.772. The number of carbonyl (C=O) groups excluding carboxylic acids is 1. The van der Waals surface area contributed by atoms with Gasteiger partial charge in [-0.2, -0.15) is 0 Å². The van der Waals surface area contributed by atoms with E-state index in [1.165, 1.54) is 0 Å². The van der Waals surface area contributed by atoms with E-state index < -0.39 is 5.91 Å². The Morgan fingerprint density at radius 2 is 2.05 bits per heavy atom. The van der Waals surface area contributed by atoms with Crippen LogP contribution in [0.25, 0.3) is 10.2 Å². The Balaban J connectivity index is 2.07. The van der Waals surface area contributed by atoms with Gasteiger partial charge in [-0.3, -0.25) is 9.59 Å². The Morgan fingerprint density at radius 1 is 1.36 bits per heavy atom. The summed E-state index contributed by atoms with van der Waals surface area (Å²) < 4.78 is 0. The van der Waals surface area contributed by atoms with Crippen molar-refractivity contribution in [2.45, 2.75) is 13.3 Å². The van der Waals surface area contributed by atoms with E-state index in [0.717, 1.165) is 16.9 Å². The number of fused-ring (bicyclic) bond motifs is 1. The van der Waals surface area contributed by atoms with E-state index in [1.54, 1.807) is 19.1 Å². The van der Waals surface area contributed by atoms with Gasteiger partial charge in [-0.05, 0) is 30.2 Å². The van der Waals surface area contributed by atoms with E-state index in [0.29, 0.717) is 37.9 Å². The first kappa shape index (κ1) is 14.7. The lowest BCUT2D eigenvalue weighted by atomic mass is 10.1. The van der Waals surface area contributed by atoms with Gasteiger partial charge < -0.3 is 10.7 Å². The molecular weight excluding hydrogens is 322 g/mol. The second-order valence-electron chi connectivity index (χ2n) is 4.92. The summed E-state index contributed by atoms with van der Waals surface area (Å²) in [6.45, 7) is 1.70. The summed E-state index contributed by atoms with van der Waals surface area (Å²) in [6.07, 6.45) is 0.477. The Bertz CT molecular complexity index is 928. The molecule has 3 N–H and O–H groups in total. The van der Waals surface area contributed by atoms with E-state index in [-0.39, 0.29) is 5.56 Å². The normalized spacial score (nSPS) is 11.0. The van der Waals surface area contributed by atoms with Gasteiger partial charge in [0, 0.05) is 11.4 Å². The monoisotopic (exact) mass is 333 g/mol. The number of primary amides is 1. The Morgan fingerprint density at radius 3 is 2.68 bits per heavy atom. The minimum atomic E-state index is -0.542. The molecule has 0 saturated heterocycles. The molecule has 2 heterocycles. The zero-order valence-electron chi connectivity index (χ0n) is 11.6.